The maximum absolute atomic E-state index is 13.3. The topological polar surface area (TPSA) is 187 Å². The highest BCUT2D eigenvalue weighted by atomic mass is 16.2. The maximum Gasteiger partial charge on any atom is 0.255 e. The minimum Gasteiger partial charge on any atom is -0.398 e. The van der Waals surface area contributed by atoms with E-state index in [2.05, 4.69) is 28.6 Å². The number of primary amides is 1. The third kappa shape index (κ3) is 6.42. The Morgan fingerprint density at radius 2 is 1.82 bits per heavy atom. The maximum atomic E-state index is 13.3. The zero-order chi connectivity index (χ0) is 39.2. The van der Waals surface area contributed by atoms with Gasteiger partial charge in [0.25, 0.3) is 5.91 Å². The van der Waals surface area contributed by atoms with Crippen molar-refractivity contribution in [2.45, 2.75) is 71.1 Å². The second kappa shape index (κ2) is 14.4. The van der Waals surface area contributed by atoms with Crippen LogP contribution in [0.3, 0.4) is 0 Å². The Bertz CT molecular complexity index is 2560. The minimum atomic E-state index is -0.831. The molecule has 0 saturated carbocycles. The molecule has 5 amide bonds. The van der Waals surface area contributed by atoms with Crippen LogP contribution in [0.15, 0.2) is 66.9 Å². The molecule has 282 valence electrons. The molecule has 0 bridgehead atoms. The summed E-state index contributed by atoms with van der Waals surface area (Å²) in [6.45, 7) is 5.72. The number of amides is 5. The van der Waals surface area contributed by atoms with E-state index >= 15 is 0 Å². The normalized spacial score (nSPS) is 16.9. The summed E-state index contributed by atoms with van der Waals surface area (Å²) in [5.41, 5.74) is 19.3. The number of aromatic nitrogens is 3. The van der Waals surface area contributed by atoms with Crippen LogP contribution in [0.1, 0.15) is 77.6 Å². The van der Waals surface area contributed by atoms with E-state index in [-0.39, 0.29) is 43.5 Å². The first-order chi connectivity index (χ1) is 27.0. The number of piperidine rings is 1. The molecule has 13 heteroatoms. The number of fused-ring (bicyclic) bond motifs is 3. The van der Waals surface area contributed by atoms with Crippen molar-refractivity contribution in [2.24, 2.45) is 5.73 Å². The fraction of sp³-hybridized carbons (Fsp3) is 0.279. The summed E-state index contributed by atoms with van der Waals surface area (Å²) < 4.78 is 2.23. The predicted octanol–water partition coefficient (Wildman–Crippen LogP) is 4.04. The minimum absolute atomic E-state index is 0.0382. The van der Waals surface area contributed by atoms with E-state index in [0.29, 0.717) is 53.3 Å². The van der Waals surface area contributed by atoms with E-state index in [1.807, 2.05) is 47.5 Å². The van der Waals surface area contributed by atoms with Crippen LogP contribution in [-0.2, 0) is 45.2 Å². The van der Waals surface area contributed by atoms with Crippen LogP contribution in [0, 0.1) is 11.8 Å². The number of carbonyl (C=O) groups excluding carboxylic acids is 5. The summed E-state index contributed by atoms with van der Waals surface area (Å²) in [4.78, 5) is 75.9. The van der Waals surface area contributed by atoms with Crippen LogP contribution in [0.25, 0.3) is 33.3 Å². The molecular formula is C43H40N8O5. The number of anilines is 1. The molecule has 3 aliphatic heterocycles. The molecule has 2 unspecified atom stereocenters. The third-order valence-corrected chi connectivity index (χ3v) is 11.1. The van der Waals surface area contributed by atoms with Crippen molar-refractivity contribution in [3.63, 3.8) is 0 Å². The van der Waals surface area contributed by atoms with Crippen molar-refractivity contribution >= 4 is 46.0 Å². The van der Waals surface area contributed by atoms with Crippen molar-refractivity contribution in [1.29, 1.82) is 0 Å². The number of imidazole rings is 1. The molecule has 0 radical (unpaired) electrons. The zero-order valence-electron chi connectivity index (χ0n) is 31.1. The average molecular weight is 749 g/mol. The van der Waals surface area contributed by atoms with Crippen LogP contribution < -0.4 is 16.8 Å². The van der Waals surface area contributed by atoms with Gasteiger partial charge in [0.05, 0.1) is 29.5 Å². The monoisotopic (exact) mass is 748 g/mol. The fourth-order valence-electron chi connectivity index (χ4n) is 8.08. The number of rotatable bonds is 7. The standard InChI is InChI=1S/C43H40N8O5/c1-3-38-47-40(37-23-49(24(2)52)17-18-50(37)38)28-10-6-9-26-20-35(46-21-32(26)28)27-13-14-34(44)31(19-27)29(41(45)54)11-4-7-25-8-5-12-30-33(25)22-51(43(30)56)36-15-16-39(53)48-42(36)55/h5-6,8-10,12-14,19-21,29,36H,3,11,15-18,22-23,44H2,1-2H3,(H2,45,54)(H,48,53,55). The van der Waals surface area contributed by atoms with Crippen molar-refractivity contribution in [3.8, 4) is 34.4 Å². The molecule has 2 atom stereocenters. The number of benzene rings is 3. The zero-order valence-corrected chi connectivity index (χ0v) is 31.1. The summed E-state index contributed by atoms with van der Waals surface area (Å²) in [6, 6.07) is 18.0. The molecule has 0 spiro atoms. The molecule has 3 aliphatic rings. The Morgan fingerprint density at radius 1 is 1.02 bits per heavy atom. The van der Waals surface area contributed by atoms with Crippen LogP contribution in [0.4, 0.5) is 5.69 Å². The highest BCUT2D eigenvalue weighted by molar-refractivity contribution is 6.05. The fourth-order valence-corrected chi connectivity index (χ4v) is 8.08. The molecule has 8 rings (SSSR count). The first-order valence-electron chi connectivity index (χ1n) is 18.7. The summed E-state index contributed by atoms with van der Waals surface area (Å²) in [7, 11) is 0. The Labute approximate surface area is 323 Å². The number of nitrogens with zero attached hydrogens (tertiary/aromatic N) is 5. The van der Waals surface area contributed by atoms with Gasteiger partial charge in [0.1, 0.15) is 11.9 Å². The van der Waals surface area contributed by atoms with Crippen LogP contribution >= 0.6 is 0 Å². The summed E-state index contributed by atoms with van der Waals surface area (Å²) in [5.74, 6) is 4.72. The number of nitrogen functional groups attached to an aromatic ring is 1. The van der Waals surface area contributed by atoms with Crippen molar-refractivity contribution < 1.29 is 24.0 Å². The second-order valence-electron chi connectivity index (χ2n) is 14.4. The van der Waals surface area contributed by atoms with E-state index in [1.54, 1.807) is 31.2 Å². The highest BCUT2D eigenvalue weighted by Crippen LogP contribution is 2.36. The number of nitrogens with one attached hydrogen (secondary N) is 1. The van der Waals surface area contributed by atoms with Gasteiger partial charge in [0, 0.05) is 85.3 Å². The SMILES string of the molecule is CCc1nc(-c2cccc3cc(-c4ccc(N)c(C(CC#Cc5cccc6c5CN(C5CCC(=O)NC5=O)C6=O)C(N)=O)c4)ncc23)c2n1CCN(C(C)=O)C2. The van der Waals surface area contributed by atoms with Gasteiger partial charge in [-0.3, -0.25) is 34.3 Å². The average Bonchev–Trinajstić information content (AvgIpc) is 3.73. The van der Waals surface area contributed by atoms with Gasteiger partial charge < -0.3 is 25.8 Å². The van der Waals surface area contributed by atoms with Crippen LogP contribution in [-0.4, -0.2) is 66.5 Å². The summed E-state index contributed by atoms with van der Waals surface area (Å²) in [5, 5.41) is 4.20. The van der Waals surface area contributed by atoms with Gasteiger partial charge in [0.2, 0.25) is 23.6 Å². The first-order valence-corrected chi connectivity index (χ1v) is 18.7. The van der Waals surface area contributed by atoms with E-state index in [9.17, 15) is 24.0 Å². The summed E-state index contributed by atoms with van der Waals surface area (Å²) in [6.07, 6.45) is 3.10. The molecular weight excluding hydrogens is 709 g/mol. The molecule has 5 N–H and O–H groups in total. The van der Waals surface area contributed by atoms with Crippen molar-refractivity contribution in [1.82, 2.24) is 29.7 Å². The Morgan fingerprint density at radius 3 is 2.59 bits per heavy atom. The third-order valence-electron chi connectivity index (χ3n) is 11.1. The lowest BCUT2D eigenvalue weighted by Gasteiger charge is -2.29. The number of nitrogens with two attached hydrogens (primary N) is 2. The smallest absolute Gasteiger partial charge is 0.255 e. The van der Waals surface area contributed by atoms with Gasteiger partial charge in [-0.05, 0) is 53.3 Å². The van der Waals surface area contributed by atoms with Gasteiger partial charge in [0.15, 0.2) is 0 Å². The quantitative estimate of drug-likeness (QED) is 0.126. The molecule has 1 saturated heterocycles. The number of carbonyl (C=O) groups is 5. The molecule has 0 aliphatic carbocycles. The van der Waals surface area contributed by atoms with E-state index in [0.717, 1.165) is 45.5 Å². The molecule has 1 fully saturated rings. The molecule has 2 aromatic heterocycles. The lowest BCUT2D eigenvalue weighted by molar-refractivity contribution is -0.137. The predicted molar refractivity (Wildman–Crippen MR) is 209 cm³/mol. The molecule has 56 heavy (non-hydrogen) atoms. The second-order valence-corrected chi connectivity index (χ2v) is 14.4. The lowest BCUT2D eigenvalue weighted by Crippen LogP contribution is -2.52. The van der Waals surface area contributed by atoms with Crippen molar-refractivity contribution in [2.75, 3.05) is 12.3 Å². The van der Waals surface area contributed by atoms with Gasteiger partial charge in [-0.1, -0.05) is 49.1 Å². The molecule has 13 nitrogen and oxygen atoms in total. The largest absolute Gasteiger partial charge is 0.398 e. The van der Waals surface area contributed by atoms with E-state index < -0.39 is 23.8 Å². The highest BCUT2D eigenvalue weighted by Gasteiger charge is 2.39. The van der Waals surface area contributed by atoms with E-state index in [1.165, 1.54) is 4.90 Å². The number of aryl methyl sites for hydroxylation is 1. The summed E-state index contributed by atoms with van der Waals surface area (Å²) >= 11 is 0. The Hall–Kier alpha value is -6.81. The van der Waals surface area contributed by atoms with Gasteiger partial charge >= 0.3 is 0 Å². The Balaban J connectivity index is 1.06. The molecule has 5 aromatic rings. The number of imide groups is 1. The number of hydrogen-bond acceptors (Lipinski definition) is 8. The number of pyridine rings is 1. The first kappa shape index (κ1) is 36.2. The van der Waals surface area contributed by atoms with E-state index in [4.69, 9.17) is 21.4 Å². The van der Waals surface area contributed by atoms with Gasteiger partial charge in [-0.2, -0.15) is 0 Å². The van der Waals surface area contributed by atoms with Crippen LogP contribution in [0.2, 0.25) is 0 Å². The molecule has 3 aromatic carbocycles. The number of hydrogen-bond donors (Lipinski definition) is 3. The van der Waals surface area contributed by atoms with Gasteiger partial charge in [-0.15, -0.1) is 0 Å². The lowest BCUT2D eigenvalue weighted by atomic mass is 9.91. The van der Waals surface area contributed by atoms with Crippen molar-refractivity contribution in [3.05, 3.63) is 101 Å². The Kier molecular flexibility index (Phi) is 9.33. The molecule has 5 heterocycles. The van der Waals surface area contributed by atoms with Gasteiger partial charge in [-0.25, -0.2) is 4.98 Å². The van der Waals surface area contributed by atoms with Crippen LogP contribution in [0.5, 0.6) is 0 Å².